The summed E-state index contributed by atoms with van der Waals surface area (Å²) in [7, 11) is 0. The van der Waals surface area contributed by atoms with Crippen LogP contribution in [0.4, 0.5) is 0 Å². The van der Waals surface area contributed by atoms with Crippen molar-refractivity contribution in [2.24, 2.45) is 0 Å². The SMILES string of the molecule is C[C@@](O)(CNC(=O)Cc1ccsc1)c1cc2ccccc2o1. The summed E-state index contributed by atoms with van der Waals surface area (Å²) in [5.74, 6) is 0.333. The Bertz CT molecular complexity index is 741. The molecule has 0 aliphatic rings. The predicted molar refractivity (Wildman–Crippen MR) is 86.8 cm³/mol. The highest BCUT2D eigenvalue weighted by Crippen LogP contribution is 2.27. The van der Waals surface area contributed by atoms with E-state index in [1.807, 2.05) is 41.1 Å². The highest BCUT2D eigenvalue weighted by molar-refractivity contribution is 7.07. The van der Waals surface area contributed by atoms with Crippen molar-refractivity contribution >= 4 is 28.2 Å². The summed E-state index contributed by atoms with van der Waals surface area (Å²) in [6.45, 7) is 1.74. The fourth-order valence-electron chi connectivity index (χ4n) is 2.25. The minimum absolute atomic E-state index is 0.107. The minimum atomic E-state index is -1.25. The summed E-state index contributed by atoms with van der Waals surface area (Å²) < 4.78 is 5.67. The van der Waals surface area contributed by atoms with Gasteiger partial charge in [-0.25, -0.2) is 0 Å². The summed E-state index contributed by atoms with van der Waals surface area (Å²) in [4.78, 5) is 11.9. The number of carbonyl (C=O) groups is 1. The molecular formula is C17H17NO3S. The third-order valence-electron chi connectivity index (χ3n) is 3.53. The first-order valence-electron chi connectivity index (χ1n) is 7.04. The Morgan fingerprint density at radius 1 is 1.36 bits per heavy atom. The molecule has 22 heavy (non-hydrogen) atoms. The summed E-state index contributed by atoms with van der Waals surface area (Å²) in [6.07, 6.45) is 0.319. The number of carbonyl (C=O) groups excluding carboxylic acids is 1. The Kier molecular flexibility index (Phi) is 4.00. The molecule has 0 bridgehead atoms. The molecule has 0 aliphatic carbocycles. The Balaban J connectivity index is 1.66. The van der Waals surface area contributed by atoms with Crippen LogP contribution in [0.2, 0.25) is 0 Å². The van der Waals surface area contributed by atoms with E-state index in [-0.39, 0.29) is 12.5 Å². The Labute approximate surface area is 132 Å². The zero-order valence-corrected chi connectivity index (χ0v) is 13.0. The molecule has 0 saturated heterocycles. The van der Waals surface area contributed by atoms with Crippen LogP contribution in [-0.4, -0.2) is 17.6 Å². The zero-order valence-electron chi connectivity index (χ0n) is 12.2. The van der Waals surface area contributed by atoms with Gasteiger partial charge in [0.25, 0.3) is 0 Å². The van der Waals surface area contributed by atoms with Crippen LogP contribution in [0.15, 0.2) is 51.6 Å². The Hall–Kier alpha value is -2.11. The first-order valence-corrected chi connectivity index (χ1v) is 7.98. The number of amides is 1. The fourth-order valence-corrected chi connectivity index (χ4v) is 2.91. The first-order chi connectivity index (χ1) is 10.5. The number of para-hydroxylation sites is 1. The lowest BCUT2D eigenvalue weighted by Crippen LogP contribution is -2.39. The van der Waals surface area contributed by atoms with Crippen molar-refractivity contribution in [2.45, 2.75) is 18.9 Å². The molecule has 2 N–H and O–H groups in total. The second-order valence-corrected chi connectivity index (χ2v) is 6.29. The summed E-state index contributed by atoms with van der Waals surface area (Å²) in [6, 6.07) is 11.3. The topological polar surface area (TPSA) is 62.5 Å². The van der Waals surface area contributed by atoms with Gasteiger partial charge < -0.3 is 14.8 Å². The first kappa shape index (κ1) is 14.8. The molecule has 0 saturated carbocycles. The second-order valence-electron chi connectivity index (χ2n) is 5.51. The number of aliphatic hydroxyl groups is 1. The van der Waals surface area contributed by atoms with E-state index in [1.54, 1.807) is 24.3 Å². The second kappa shape index (κ2) is 5.94. The number of hydrogen-bond acceptors (Lipinski definition) is 4. The molecule has 2 heterocycles. The van der Waals surface area contributed by atoms with Crippen LogP contribution >= 0.6 is 11.3 Å². The highest BCUT2D eigenvalue weighted by Gasteiger charge is 2.28. The molecule has 1 amide bonds. The average molecular weight is 315 g/mol. The van der Waals surface area contributed by atoms with Gasteiger partial charge in [0.1, 0.15) is 16.9 Å². The van der Waals surface area contributed by atoms with Crippen LogP contribution in [0.1, 0.15) is 18.2 Å². The summed E-state index contributed by atoms with van der Waals surface area (Å²) in [5, 5.41) is 18.1. The molecule has 5 heteroatoms. The molecule has 3 aromatic rings. The van der Waals surface area contributed by atoms with Crippen molar-refractivity contribution in [1.29, 1.82) is 0 Å². The van der Waals surface area contributed by atoms with Crippen molar-refractivity contribution < 1.29 is 14.3 Å². The van der Waals surface area contributed by atoms with Gasteiger partial charge >= 0.3 is 0 Å². The smallest absolute Gasteiger partial charge is 0.224 e. The third kappa shape index (κ3) is 3.21. The number of rotatable bonds is 5. The summed E-state index contributed by atoms with van der Waals surface area (Å²) in [5.41, 5.74) is 0.455. The van der Waals surface area contributed by atoms with Gasteiger partial charge in [-0.2, -0.15) is 11.3 Å². The van der Waals surface area contributed by atoms with Crippen molar-refractivity contribution in [3.63, 3.8) is 0 Å². The average Bonchev–Trinajstić information content (AvgIpc) is 3.14. The number of furan rings is 1. The van der Waals surface area contributed by atoms with Crippen LogP contribution < -0.4 is 5.32 Å². The largest absolute Gasteiger partial charge is 0.458 e. The number of thiophene rings is 1. The van der Waals surface area contributed by atoms with Crippen LogP contribution in [0.5, 0.6) is 0 Å². The lowest BCUT2D eigenvalue weighted by molar-refractivity contribution is -0.121. The predicted octanol–water partition coefficient (Wildman–Crippen LogP) is 3.06. The lowest BCUT2D eigenvalue weighted by Gasteiger charge is -2.21. The maximum absolute atomic E-state index is 11.9. The third-order valence-corrected chi connectivity index (χ3v) is 4.26. The lowest BCUT2D eigenvalue weighted by atomic mass is 10.0. The van der Waals surface area contributed by atoms with Gasteiger partial charge in [-0.3, -0.25) is 4.79 Å². The maximum atomic E-state index is 11.9. The van der Waals surface area contributed by atoms with Crippen molar-refractivity contribution in [2.75, 3.05) is 6.54 Å². The van der Waals surface area contributed by atoms with Crippen molar-refractivity contribution in [3.8, 4) is 0 Å². The molecule has 2 aromatic heterocycles. The molecule has 0 aliphatic heterocycles. The molecule has 0 unspecified atom stereocenters. The van der Waals surface area contributed by atoms with Crippen molar-refractivity contribution in [1.82, 2.24) is 5.32 Å². The highest BCUT2D eigenvalue weighted by atomic mass is 32.1. The van der Waals surface area contributed by atoms with Gasteiger partial charge in [-0.15, -0.1) is 0 Å². The van der Waals surface area contributed by atoms with E-state index in [0.29, 0.717) is 12.2 Å². The van der Waals surface area contributed by atoms with E-state index in [4.69, 9.17) is 4.42 Å². The van der Waals surface area contributed by atoms with E-state index < -0.39 is 5.60 Å². The molecule has 0 radical (unpaired) electrons. The number of fused-ring (bicyclic) bond motifs is 1. The standard InChI is InChI=1S/C17H17NO3S/c1-17(20,11-18-16(19)8-12-6-7-22-10-12)15-9-13-4-2-3-5-14(13)21-15/h2-7,9-10,20H,8,11H2,1H3,(H,18,19)/t17-/m1/s1. The molecule has 4 nitrogen and oxygen atoms in total. The van der Waals surface area contributed by atoms with Crippen LogP contribution in [-0.2, 0) is 16.8 Å². The van der Waals surface area contributed by atoms with Gasteiger partial charge in [0.15, 0.2) is 0 Å². The van der Waals surface area contributed by atoms with Gasteiger partial charge in [-0.1, -0.05) is 18.2 Å². The molecule has 1 aromatic carbocycles. The van der Waals surface area contributed by atoms with Crippen molar-refractivity contribution in [3.05, 3.63) is 58.5 Å². The van der Waals surface area contributed by atoms with Gasteiger partial charge in [-0.05, 0) is 41.4 Å². The Morgan fingerprint density at radius 3 is 2.91 bits per heavy atom. The monoisotopic (exact) mass is 315 g/mol. The number of hydrogen-bond donors (Lipinski definition) is 2. The van der Waals surface area contributed by atoms with Gasteiger partial charge in [0.2, 0.25) is 5.91 Å². The van der Waals surface area contributed by atoms with Gasteiger partial charge in [0, 0.05) is 5.39 Å². The van der Waals surface area contributed by atoms with E-state index in [2.05, 4.69) is 5.32 Å². The maximum Gasteiger partial charge on any atom is 0.224 e. The van der Waals surface area contributed by atoms with Gasteiger partial charge in [0.05, 0.1) is 13.0 Å². The number of nitrogens with one attached hydrogen (secondary N) is 1. The molecule has 0 fully saturated rings. The molecule has 114 valence electrons. The van der Waals surface area contributed by atoms with E-state index in [9.17, 15) is 9.90 Å². The van der Waals surface area contributed by atoms with Crippen LogP contribution in [0.25, 0.3) is 11.0 Å². The molecule has 1 atom stereocenters. The van der Waals surface area contributed by atoms with E-state index in [1.165, 1.54) is 0 Å². The summed E-state index contributed by atoms with van der Waals surface area (Å²) >= 11 is 1.56. The molecular weight excluding hydrogens is 298 g/mol. The normalized spacial score (nSPS) is 13.9. The minimum Gasteiger partial charge on any atom is -0.458 e. The Morgan fingerprint density at radius 2 is 2.18 bits per heavy atom. The quantitative estimate of drug-likeness (QED) is 0.760. The molecule has 3 rings (SSSR count). The fraction of sp³-hybridized carbons (Fsp3) is 0.235. The zero-order chi connectivity index (χ0) is 15.6. The van der Waals surface area contributed by atoms with E-state index in [0.717, 1.165) is 16.5 Å². The van der Waals surface area contributed by atoms with Crippen LogP contribution in [0.3, 0.4) is 0 Å². The number of benzene rings is 1. The van der Waals surface area contributed by atoms with Crippen LogP contribution in [0, 0.1) is 0 Å². The molecule has 0 spiro atoms. The van der Waals surface area contributed by atoms with E-state index >= 15 is 0 Å².